The molecule has 0 atom stereocenters. The molecule has 0 unspecified atom stereocenters. The van der Waals surface area contributed by atoms with E-state index in [1.165, 1.54) is 0 Å². The van der Waals surface area contributed by atoms with Gasteiger partial charge in [0.2, 0.25) is 5.89 Å². The Balaban J connectivity index is 2.11. The molecule has 0 saturated heterocycles. The van der Waals surface area contributed by atoms with E-state index in [9.17, 15) is 0 Å². The van der Waals surface area contributed by atoms with E-state index in [2.05, 4.69) is 26.1 Å². The number of alkyl halides is 1. The van der Waals surface area contributed by atoms with Crippen molar-refractivity contribution < 1.29 is 4.42 Å². The standard InChI is InChI=1S/C11H11BrClN3O/c1-16(11-15-14-10(6-13)17-11)7-8-4-2-3-5-9(8)12/h2-5H,6-7H2,1H3. The molecule has 0 amide bonds. The van der Waals surface area contributed by atoms with Crippen LogP contribution in [0.25, 0.3) is 0 Å². The van der Waals surface area contributed by atoms with Gasteiger partial charge in [0.05, 0.1) is 0 Å². The quantitative estimate of drug-likeness (QED) is 0.812. The van der Waals surface area contributed by atoms with Crippen molar-refractivity contribution in [1.29, 1.82) is 0 Å². The summed E-state index contributed by atoms with van der Waals surface area (Å²) in [6.45, 7) is 0.686. The lowest BCUT2D eigenvalue weighted by atomic mass is 10.2. The van der Waals surface area contributed by atoms with Gasteiger partial charge in [0.25, 0.3) is 0 Å². The number of hydrogen-bond acceptors (Lipinski definition) is 4. The Kier molecular flexibility index (Phi) is 4.02. The molecule has 90 valence electrons. The van der Waals surface area contributed by atoms with Crippen LogP contribution < -0.4 is 4.90 Å². The molecule has 0 aliphatic carbocycles. The third-order valence-electron chi connectivity index (χ3n) is 2.26. The van der Waals surface area contributed by atoms with Crippen molar-refractivity contribution in [2.24, 2.45) is 0 Å². The van der Waals surface area contributed by atoms with Crippen molar-refractivity contribution in [2.75, 3.05) is 11.9 Å². The third kappa shape index (κ3) is 2.98. The van der Waals surface area contributed by atoms with E-state index in [4.69, 9.17) is 16.0 Å². The summed E-state index contributed by atoms with van der Waals surface area (Å²) in [5.74, 6) is 0.663. The molecular weight excluding hydrogens is 305 g/mol. The van der Waals surface area contributed by atoms with Gasteiger partial charge in [-0.15, -0.1) is 16.7 Å². The Hall–Kier alpha value is -1.07. The van der Waals surface area contributed by atoms with Crippen LogP contribution in [0.15, 0.2) is 33.2 Å². The summed E-state index contributed by atoms with van der Waals surface area (Å²) in [4.78, 5) is 1.88. The minimum absolute atomic E-state index is 0.232. The van der Waals surface area contributed by atoms with Crippen LogP contribution in [0, 0.1) is 0 Å². The molecule has 0 aliphatic heterocycles. The van der Waals surface area contributed by atoms with E-state index in [1.807, 2.05) is 36.2 Å². The molecule has 4 nitrogen and oxygen atoms in total. The maximum Gasteiger partial charge on any atom is 0.318 e. The highest BCUT2D eigenvalue weighted by Crippen LogP contribution is 2.20. The Morgan fingerprint density at radius 2 is 2.12 bits per heavy atom. The molecule has 0 fully saturated rings. The molecule has 0 saturated carbocycles. The molecular formula is C11H11BrClN3O. The van der Waals surface area contributed by atoms with Gasteiger partial charge in [-0.1, -0.05) is 39.2 Å². The highest BCUT2D eigenvalue weighted by Gasteiger charge is 2.11. The fraction of sp³-hybridized carbons (Fsp3) is 0.273. The smallest absolute Gasteiger partial charge is 0.318 e. The first-order valence-corrected chi connectivity index (χ1v) is 6.36. The summed E-state index contributed by atoms with van der Waals surface area (Å²) in [7, 11) is 1.89. The van der Waals surface area contributed by atoms with Gasteiger partial charge < -0.3 is 9.32 Å². The fourth-order valence-corrected chi connectivity index (χ4v) is 1.92. The van der Waals surface area contributed by atoms with Crippen LogP contribution >= 0.6 is 27.5 Å². The lowest BCUT2D eigenvalue weighted by Gasteiger charge is -2.14. The van der Waals surface area contributed by atoms with E-state index < -0.39 is 0 Å². The lowest BCUT2D eigenvalue weighted by Crippen LogP contribution is -2.16. The monoisotopic (exact) mass is 315 g/mol. The topological polar surface area (TPSA) is 42.2 Å². The van der Waals surface area contributed by atoms with Crippen molar-refractivity contribution in [3.05, 3.63) is 40.2 Å². The van der Waals surface area contributed by atoms with Crippen molar-refractivity contribution in [1.82, 2.24) is 10.2 Å². The first kappa shape index (κ1) is 12.4. The zero-order valence-corrected chi connectivity index (χ0v) is 11.6. The van der Waals surface area contributed by atoms with Gasteiger partial charge in [0.15, 0.2) is 0 Å². The van der Waals surface area contributed by atoms with Crippen molar-refractivity contribution in [3.63, 3.8) is 0 Å². The second-order valence-corrected chi connectivity index (χ2v) is 4.68. The number of aromatic nitrogens is 2. The third-order valence-corrected chi connectivity index (χ3v) is 3.26. The highest BCUT2D eigenvalue weighted by molar-refractivity contribution is 9.10. The first-order chi connectivity index (χ1) is 8.20. The van der Waals surface area contributed by atoms with Crippen LogP contribution in [0.5, 0.6) is 0 Å². The molecule has 1 aromatic heterocycles. The predicted molar refractivity (Wildman–Crippen MR) is 70.1 cm³/mol. The number of rotatable bonds is 4. The van der Waals surface area contributed by atoms with Gasteiger partial charge >= 0.3 is 6.01 Å². The predicted octanol–water partition coefficient (Wildman–Crippen LogP) is 3.21. The summed E-state index contributed by atoms with van der Waals surface area (Å²) >= 11 is 9.11. The molecule has 0 radical (unpaired) electrons. The lowest BCUT2D eigenvalue weighted by molar-refractivity contribution is 0.506. The van der Waals surface area contributed by atoms with Crippen LogP contribution in [-0.2, 0) is 12.4 Å². The van der Waals surface area contributed by atoms with Crippen molar-refractivity contribution >= 4 is 33.5 Å². The second kappa shape index (κ2) is 5.51. The first-order valence-electron chi connectivity index (χ1n) is 5.03. The molecule has 17 heavy (non-hydrogen) atoms. The van der Waals surface area contributed by atoms with Gasteiger partial charge in [0, 0.05) is 18.1 Å². The van der Waals surface area contributed by atoms with Gasteiger partial charge in [-0.2, -0.15) is 0 Å². The van der Waals surface area contributed by atoms with Crippen LogP contribution in [0.3, 0.4) is 0 Å². The van der Waals surface area contributed by atoms with Crippen LogP contribution in [0.1, 0.15) is 11.5 Å². The molecule has 0 bridgehead atoms. The Bertz CT molecular complexity index is 503. The summed E-state index contributed by atoms with van der Waals surface area (Å²) in [5, 5.41) is 7.74. The molecule has 2 rings (SSSR count). The number of hydrogen-bond donors (Lipinski definition) is 0. The van der Waals surface area contributed by atoms with Gasteiger partial charge in [-0.25, -0.2) is 0 Å². The van der Waals surface area contributed by atoms with E-state index in [1.54, 1.807) is 0 Å². The number of benzene rings is 1. The fourth-order valence-electron chi connectivity index (χ4n) is 1.40. The average molecular weight is 317 g/mol. The maximum atomic E-state index is 5.61. The SMILES string of the molecule is CN(Cc1ccccc1Br)c1nnc(CCl)o1. The van der Waals surface area contributed by atoms with Crippen molar-refractivity contribution in [2.45, 2.75) is 12.4 Å². The number of nitrogens with zero attached hydrogens (tertiary/aromatic N) is 3. The van der Waals surface area contributed by atoms with Crippen LogP contribution in [-0.4, -0.2) is 17.2 Å². The highest BCUT2D eigenvalue weighted by atomic mass is 79.9. The molecule has 6 heteroatoms. The molecule has 1 heterocycles. The molecule has 0 spiro atoms. The summed E-state index contributed by atoms with van der Waals surface area (Å²) < 4.78 is 6.42. The number of halogens is 2. The second-order valence-electron chi connectivity index (χ2n) is 3.56. The van der Waals surface area contributed by atoms with Crippen LogP contribution in [0.2, 0.25) is 0 Å². The Morgan fingerprint density at radius 1 is 1.35 bits per heavy atom. The molecule has 1 aromatic carbocycles. The molecule has 0 aliphatic rings. The maximum absolute atomic E-state index is 5.61. The van der Waals surface area contributed by atoms with Gasteiger partial charge in [-0.3, -0.25) is 0 Å². The van der Waals surface area contributed by atoms with Gasteiger partial charge in [-0.05, 0) is 11.6 Å². The summed E-state index contributed by atoms with van der Waals surface area (Å²) in [6.07, 6.45) is 0. The minimum Gasteiger partial charge on any atom is -0.407 e. The minimum atomic E-state index is 0.232. The van der Waals surface area contributed by atoms with Crippen molar-refractivity contribution in [3.8, 4) is 0 Å². The zero-order chi connectivity index (χ0) is 12.3. The summed E-state index contributed by atoms with van der Waals surface area (Å²) in [5.41, 5.74) is 1.15. The van der Waals surface area contributed by atoms with E-state index >= 15 is 0 Å². The van der Waals surface area contributed by atoms with Gasteiger partial charge in [0.1, 0.15) is 5.88 Å². The van der Waals surface area contributed by atoms with Crippen LogP contribution in [0.4, 0.5) is 6.01 Å². The Labute approximate surface area is 113 Å². The Morgan fingerprint density at radius 3 is 2.76 bits per heavy atom. The number of anilines is 1. The van der Waals surface area contributed by atoms with E-state index in [0.717, 1.165) is 10.0 Å². The molecule has 2 aromatic rings. The normalized spacial score (nSPS) is 10.5. The van der Waals surface area contributed by atoms with E-state index in [0.29, 0.717) is 18.5 Å². The van der Waals surface area contributed by atoms with E-state index in [-0.39, 0.29) is 5.88 Å². The largest absolute Gasteiger partial charge is 0.407 e. The molecule has 0 N–H and O–H groups in total. The summed E-state index contributed by atoms with van der Waals surface area (Å²) in [6, 6.07) is 8.48. The average Bonchev–Trinajstić information content (AvgIpc) is 2.81. The zero-order valence-electron chi connectivity index (χ0n) is 9.23.